The summed E-state index contributed by atoms with van der Waals surface area (Å²) in [7, 11) is 0. The molecule has 12 aromatic carbocycles. The molecule has 0 heterocycles. The van der Waals surface area contributed by atoms with Crippen LogP contribution >= 0.6 is 0 Å². The number of anilines is 3. The van der Waals surface area contributed by atoms with Gasteiger partial charge in [0.1, 0.15) is 0 Å². The first-order valence-electron chi connectivity index (χ1n) is 27.4. The molecule has 15 rings (SSSR count). The molecule has 0 aromatic heterocycles. The highest BCUT2D eigenvalue weighted by molar-refractivity contribution is 6.00. The van der Waals surface area contributed by atoms with Crippen LogP contribution in [-0.2, 0) is 16.2 Å². The highest BCUT2D eigenvalue weighted by Gasteiger charge is 2.48. The van der Waals surface area contributed by atoms with E-state index in [1.54, 1.807) is 0 Å². The van der Waals surface area contributed by atoms with Crippen molar-refractivity contribution in [3.8, 4) is 55.6 Å². The molecule has 3 aliphatic carbocycles. The smallest absolute Gasteiger partial charge is 0.0713 e. The van der Waals surface area contributed by atoms with Crippen molar-refractivity contribution in [3.05, 3.63) is 353 Å². The minimum atomic E-state index is -0.501. The lowest BCUT2D eigenvalue weighted by Crippen LogP contribution is -2.28. The third-order valence-corrected chi connectivity index (χ3v) is 17.6. The average molecular weight is 994 g/mol. The van der Waals surface area contributed by atoms with E-state index < -0.39 is 10.8 Å². The molecular formula is C77H55N. The molecule has 1 nitrogen and oxygen atoms in total. The van der Waals surface area contributed by atoms with Gasteiger partial charge in [-0.3, -0.25) is 0 Å². The summed E-state index contributed by atoms with van der Waals surface area (Å²) >= 11 is 0. The Morgan fingerprint density at radius 1 is 0.244 bits per heavy atom. The molecule has 12 aromatic rings. The van der Waals surface area contributed by atoms with Crippen LogP contribution < -0.4 is 4.90 Å². The highest BCUT2D eigenvalue weighted by Crippen LogP contribution is 2.61. The Morgan fingerprint density at radius 3 is 1.00 bits per heavy atom. The molecule has 0 fully saturated rings. The summed E-state index contributed by atoms with van der Waals surface area (Å²) in [5.74, 6) is 0. The van der Waals surface area contributed by atoms with Crippen LogP contribution in [0.3, 0.4) is 0 Å². The molecule has 0 saturated carbocycles. The maximum Gasteiger partial charge on any atom is 0.0713 e. The van der Waals surface area contributed by atoms with Crippen molar-refractivity contribution in [2.24, 2.45) is 0 Å². The monoisotopic (exact) mass is 993 g/mol. The van der Waals surface area contributed by atoms with Gasteiger partial charge in [0.15, 0.2) is 0 Å². The minimum Gasteiger partial charge on any atom is -0.310 e. The van der Waals surface area contributed by atoms with Crippen LogP contribution in [0, 0.1) is 0 Å². The van der Waals surface area contributed by atoms with Gasteiger partial charge in [0.05, 0.1) is 16.5 Å². The number of fused-ring (bicyclic) bond motifs is 9. The maximum absolute atomic E-state index is 2.54. The van der Waals surface area contributed by atoms with Crippen molar-refractivity contribution in [2.45, 2.75) is 30.1 Å². The normalized spacial score (nSPS) is 14.3. The molecule has 1 heteroatoms. The van der Waals surface area contributed by atoms with Gasteiger partial charge in [0.2, 0.25) is 0 Å². The van der Waals surface area contributed by atoms with E-state index in [-0.39, 0.29) is 5.41 Å². The zero-order valence-electron chi connectivity index (χ0n) is 43.7. The lowest BCUT2D eigenvalue weighted by molar-refractivity contribution is 0.660. The van der Waals surface area contributed by atoms with Crippen molar-refractivity contribution in [3.63, 3.8) is 0 Å². The van der Waals surface area contributed by atoms with Gasteiger partial charge in [-0.25, -0.2) is 0 Å². The van der Waals surface area contributed by atoms with E-state index in [0.717, 1.165) is 17.1 Å². The summed E-state index contributed by atoms with van der Waals surface area (Å²) in [6, 6.07) is 111. The van der Waals surface area contributed by atoms with Gasteiger partial charge in [-0.1, -0.05) is 281 Å². The molecule has 0 spiro atoms. The van der Waals surface area contributed by atoms with E-state index in [0.29, 0.717) is 0 Å². The molecule has 0 saturated heterocycles. The molecule has 0 atom stereocenters. The molecule has 0 aliphatic heterocycles. The third kappa shape index (κ3) is 6.49. The van der Waals surface area contributed by atoms with E-state index in [9.17, 15) is 0 Å². The van der Waals surface area contributed by atoms with Gasteiger partial charge in [0.25, 0.3) is 0 Å². The van der Waals surface area contributed by atoms with Crippen molar-refractivity contribution < 1.29 is 0 Å². The standard InChI is InChI=1S/C77H55N/c1-75(2)65-43-18-15-38-62(65)74-68(75)46-25-49-71(74)78(58-36-21-26-52(50-58)60-41-23-47-69-72(60)63-39-16-19-44-66(63)76(69,54-28-7-3-8-29-54)55-30-9-4-10-31-55)59-37-22-27-53(51-59)61-42-24-48-70-73(61)64-40-17-20-45-67(64)77(70,56-32-11-5-12-33-56)57-34-13-6-14-35-57/h3-51H,1-2H3. The van der Waals surface area contributed by atoms with E-state index in [4.69, 9.17) is 0 Å². The Balaban J connectivity index is 0.954. The number of hydrogen-bond acceptors (Lipinski definition) is 1. The van der Waals surface area contributed by atoms with Crippen molar-refractivity contribution in [1.29, 1.82) is 0 Å². The van der Waals surface area contributed by atoms with Crippen LogP contribution in [0.1, 0.15) is 69.5 Å². The Morgan fingerprint density at radius 2 is 0.564 bits per heavy atom. The Kier molecular flexibility index (Phi) is 10.4. The van der Waals surface area contributed by atoms with Gasteiger partial charge in [0, 0.05) is 22.4 Å². The summed E-state index contributed by atoms with van der Waals surface area (Å²) < 4.78 is 0. The molecular weight excluding hydrogens is 939 g/mol. The quantitative estimate of drug-likeness (QED) is 0.139. The van der Waals surface area contributed by atoms with Crippen LogP contribution in [0.25, 0.3) is 55.6 Å². The summed E-state index contributed by atoms with van der Waals surface area (Å²) in [5.41, 5.74) is 27.6. The van der Waals surface area contributed by atoms with Gasteiger partial charge < -0.3 is 4.90 Å². The predicted octanol–water partition coefficient (Wildman–Crippen LogP) is 19.5. The first kappa shape index (κ1) is 45.8. The molecule has 0 radical (unpaired) electrons. The molecule has 0 bridgehead atoms. The van der Waals surface area contributed by atoms with Crippen LogP contribution in [-0.4, -0.2) is 0 Å². The second kappa shape index (κ2) is 17.8. The average Bonchev–Trinajstić information content (AvgIpc) is 4.20. The molecule has 0 unspecified atom stereocenters. The fourth-order valence-electron chi connectivity index (χ4n) is 14.4. The van der Waals surface area contributed by atoms with Crippen molar-refractivity contribution in [2.75, 3.05) is 4.90 Å². The van der Waals surface area contributed by atoms with Crippen LogP contribution in [0.15, 0.2) is 297 Å². The van der Waals surface area contributed by atoms with E-state index in [1.165, 1.54) is 111 Å². The van der Waals surface area contributed by atoms with Gasteiger partial charge in [-0.15, -0.1) is 0 Å². The van der Waals surface area contributed by atoms with E-state index in [2.05, 4.69) is 316 Å². The lowest BCUT2D eigenvalue weighted by atomic mass is 9.67. The van der Waals surface area contributed by atoms with Crippen molar-refractivity contribution in [1.82, 2.24) is 0 Å². The summed E-state index contributed by atoms with van der Waals surface area (Å²) in [5, 5.41) is 0. The number of rotatable bonds is 9. The maximum atomic E-state index is 2.54. The minimum absolute atomic E-state index is 0.179. The SMILES string of the molecule is CC1(C)c2ccccc2-c2c(N(c3cccc(-c4cccc5c4-c4ccccc4C5(c4ccccc4)c4ccccc4)c3)c3cccc(-c4cccc5c4-c4ccccc4C5(c4ccccc4)c4ccccc4)c3)cccc21. The first-order chi connectivity index (χ1) is 38.5. The lowest BCUT2D eigenvalue weighted by Gasteiger charge is -2.34. The summed E-state index contributed by atoms with van der Waals surface area (Å²) in [6.45, 7) is 4.76. The Bertz CT molecular complexity index is 3980. The zero-order valence-corrected chi connectivity index (χ0v) is 43.7. The topological polar surface area (TPSA) is 3.24 Å². The van der Waals surface area contributed by atoms with Gasteiger partial charge >= 0.3 is 0 Å². The molecule has 368 valence electrons. The summed E-state index contributed by atoms with van der Waals surface area (Å²) in [6.07, 6.45) is 0. The van der Waals surface area contributed by atoms with Gasteiger partial charge in [-0.2, -0.15) is 0 Å². The van der Waals surface area contributed by atoms with Gasteiger partial charge in [-0.05, 0) is 136 Å². The second-order valence-electron chi connectivity index (χ2n) is 21.8. The Labute approximate surface area is 458 Å². The number of benzene rings is 12. The second-order valence-corrected chi connectivity index (χ2v) is 21.8. The van der Waals surface area contributed by atoms with E-state index >= 15 is 0 Å². The fraction of sp³-hybridized carbons (Fsp3) is 0.0649. The third-order valence-electron chi connectivity index (χ3n) is 17.6. The van der Waals surface area contributed by atoms with Crippen LogP contribution in [0.4, 0.5) is 17.1 Å². The first-order valence-corrected chi connectivity index (χ1v) is 27.4. The largest absolute Gasteiger partial charge is 0.310 e. The summed E-state index contributed by atoms with van der Waals surface area (Å²) in [4.78, 5) is 2.54. The number of nitrogens with zero attached hydrogens (tertiary/aromatic N) is 1. The molecule has 78 heavy (non-hydrogen) atoms. The fourth-order valence-corrected chi connectivity index (χ4v) is 14.4. The number of hydrogen-bond donors (Lipinski definition) is 0. The molecule has 3 aliphatic rings. The van der Waals surface area contributed by atoms with Crippen molar-refractivity contribution >= 4 is 17.1 Å². The molecule has 0 amide bonds. The Hall–Kier alpha value is -9.56. The van der Waals surface area contributed by atoms with E-state index in [1.807, 2.05) is 0 Å². The highest BCUT2D eigenvalue weighted by atomic mass is 15.1. The molecule has 0 N–H and O–H groups in total. The predicted molar refractivity (Wildman–Crippen MR) is 324 cm³/mol. The van der Waals surface area contributed by atoms with Crippen LogP contribution in [0.5, 0.6) is 0 Å². The zero-order chi connectivity index (χ0) is 52.0. The van der Waals surface area contributed by atoms with Crippen LogP contribution in [0.2, 0.25) is 0 Å².